The fraction of sp³-hybridized carbons (Fsp3) is 0.400. The SMILES string of the molecule is CN1CCC(C(=O)c2ncccc2CCc2cccc(Cl)c2)CC1.Cl. The van der Waals surface area contributed by atoms with Gasteiger partial charge in [-0.2, -0.15) is 0 Å². The van der Waals surface area contributed by atoms with E-state index in [2.05, 4.69) is 23.0 Å². The Balaban J connectivity index is 0.00000225. The zero-order valence-electron chi connectivity index (χ0n) is 14.5. The molecule has 1 aliphatic heterocycles. The van der Waals surface area contributed by atoms with Gasteiger partial charge in [0.2, 0.25) is 0 Å². The smallest absolute Gasteiger partial charge is 0.184 e. The largest absolute Gasteiger partial charge is 0.306 e. The molecule has 3 rings (SSSR count). The third kappa shape index (κ3) is 5.27. The Morgan fingerprint density at radius 3 is 2.68 bits per heavy atom. The number of carbonyl (C=O) groups excluding carboxylic acids is 1. The second-order valence-corrected chi connectivity index (χ2v) is 7.02. The first-order valence-corrected chi connectivity index (χ1v) is 8.92. The number of benzene rings is 1. The quantitative estimate of drug-likeness (QED) is 0.719. The first kappa shape index (κ1) is 19.9. The van der Waals surface area contributed by atoms with Crippen LogP contribution >= 0.6 is 24.0 Å². The summed E-state index contributed by atoms with van der Waals surface area (Å²) >= 11 is 6.05. The minimum Gasteiger partial charge on any atom is -0.306 e. The summed E-state index contributed by atoms with van der Waals surface area (Å²) in [6.07, 6.45) is 5.26. The van der Waals surface area contributed by atoms with Gasteiger partial charge < -0.3 is 4.90 Å². The monoisotopic (exact) mass is 378 g/mol. The minimum atomic E-state index is 0. The number of hydrogen-bond donors (Lipinski definition) is 0. The van der Waals surface area contributed by atoms with Crippen molar-refractivity contribution in [3.63, 3.8) is 0 Å². The van der Waals surface area contributed by atoms with E-state index >= 15 is 0 Å². The molecule has 0 spiro atoms. The molecule has 25 heavy (non-hydrogen) atoms. The van der Waals surface area contributed by atoms with Crippen LogP contribution in [0.4, 0.5) is 0 Å². The molecule has 0 unspecified atom stereocenters. The normalized spacial score (nSPS) is 15.6. The van der Waals surface area contributed by atoms with E-state index in [-0.39, 0.29) is 24.1 Å². The van der Waals surface area contributed by atoms with Gasteiger partial charge in [-0.05, 0) is 75.1 Å². The van der Waals surface area contributed by atoms with Gasteiger partial charge in [0, 0.05) is 17.1 Å². The number of likely N-dealkylation sites (tertiary alicyclic amines) is 1. The van der Waals surface area contributed by atoms with E-state index in [1.54, 1.807) is 6.20 Å². The molecule has 2 heterocycles. The molecule has 0 atom stereocenters. The van der Waals surface area contributed by atoms with E-state index in [4.69, 9.17) is 11.6 Å². The van der Waals surface area contributed by atoms with Crippen LogP contribution in [0, 0.1) is 5.92 Å². The molecule has 0 amide bonds. The number of pyridine rings is 1. The average molecular weight is 379 g/mol. The number of piperidine rings is 1. The summed E-state index contributed by atoms with van der Waals surface area (Å²) in [5, 5.41) is 0.751. The van der Waals surface area contributed by atoms with Crippen molar-refractivity contribution in [1.29, 1.82) is 0 Å². The summed E-state index contributed by atoms with van der Waals surface area (Å²) < 4.78 is 0. The highest BCUT2D eigenvalue weighted by Gasteiger charge is 2.26. The Morgan fingerprint density at radius 1 is 1.20 bits per heavy atom. The molecule has 0 N–H and O–H groups in total. The third-order valence-corrected chi connectivity index (χ3v) is 5.02. The summed E-state index contributed by atoms with van der Waals surface area (Å²) in [5.74, 6) is 0.325. The van der Waals surface area contributed by atoms with Gasteiger partial charge in [-0.3, -0.25) is 9.78 Å². The van der Waals surface area contributed by atoms with Gasteiger partial charge in [-0.1, -0.05) is 29.8 Å². The van der Waals surface area contributed by atoms with Crippen LogP contribution in [0.5, 0.6) is 0 Å². The minimum absolute atomic E-state index is 0. The molecular formula is C20H24Cl2N2O. The zero-order chi connectivity index (χ0) is 16.9. The molecule has 1 saturated heterocycles. The van der Waals surface area contributed by atoms with Crippen molar-refractivity contribution in [3.8, 4) is 0 Å². The number of Topliss-reactive ketones (excluding diaryl/α,β-unsaturated/α-hetero) is 1. The van der Waals surface area contributed by atoms with Crippen molar-refractivity contribution in [2.75, 3.05) is 20.1 Å². The number of halogens is 2. The van der Waals surface area contributed by atoms with E-state index in [0.717, 1.165) is 49.4 Å². The van der Waals surface area contributed by atoms with Crippen LogP contribution in [0.25, 0.3) is 0 Å². The second-order valence-electron chi connectivity index (χ2n) is 6.58. The second kappa shape index (κ2) is 9.33. The molecule has 1 aromatic carbocycles. The van der Waals surface area contributed by atoms with E-state index in [9.17, 15) is 4.79 Å². The molecule has 2 aromatic rings. The average Bonchev–Trinajstić information content (AvgIpc) is 2.60. The number of aromatic nitrogens is 1. The van der Waals surface area contributed by atoms with Gasteiger partial charge in [0.25, 0.3) is 0 Å². The fourth-order valence-corrected chi connectivity index (χ4v) is 3.51. The number of ketones is 1. The van der Waals surface area contributed by atoms with E-state index < -0.39 is 0 Å². The third-order valence-electron chi connectivity index (χ3n) is 4.79. The summed E-state index contributed by atoms with van der Waals surface area (Å²) in [4.78, 5) is 19.6. The Morgan fingerprint density at radius 2 is 1.96 bits per heavy atom. The molecule has 0 bridgehead atoms. The van der Waals surface area contributed by atoms with Crippen LogP contribution in [0.1, 0.15) is 34.5 Å². The van der Waals surface area contributed by atoms with Crippen molar-refractivity contribution in [2.45, 2.75) is 25.7 Å². The van der Waals surface area contributed by atoms with Crippen LogP contribution in [0.15, 0.2) is 42.6 Å². The molecule has 3 nitrogen and oxygen atoms in total. The van der Waals surface area contributed by atoms with Crippen LogP contribution in [0.2, 0.25) is 5.02 Å². The Kier molecular flexibility index (Phi) is 7.42. The number of nitrogens with zero attached hydrogens (tertiary/aromatic N) is 2. The van der Waals surface area contributed by atoms with Crippen molar-refractivity contribution in [2.24, 2.45) is 5.92 Å². The van der Waals surface area contributed by atoms with Gasteiger partial charge in [-0.15, -0.1) is 12.4 Å². The maximum atomic E-state index is 12.9. The summed E-state index contributed by atoms with van der Waals surface area (Å²) in [6.45, 7) is 1.97. The van der Waals surface area contributed by atoms with Gasteiger partial charge in [0.15, 0.2) is 5.78 Å². The molecule has 0 saturated carbocycles. The number of hydrogen-bond acceptors (Lipinski definition) is 3. The predicted octanol–water partition coefficient (Wildman–Crippen LogP) is 4.47. The maximum Gasteiger partial charge on any atom is 0.184 e. The number of aryl methyl sites for hydroxylation is 2. The molecule has 1 aliphatic rings. The molecule has 0 radical (unpaired) electrons. The Hall–Kier alpha value is -1.42. The maximum absolute atomic E-state index is 12.9. The highest BCUT2D eigenvalue weighted by atomic mass is 35.5. The van der Waals surface area contributed by atoms with E-state index in [0.29, 0.717) is 5.69 Å². The lowest BCUT2D eigenvalue weighted by Crippen LogP contribution is -2.34. The molecule has 0 aliphatic carbocycles. The zero-order valence-corrected chi connectivity index (χ0v) is 16.0. The highest BCUT2D eigenvalue weighted by molar-refractivity contribution is 6.30. The molecule has 1 aromatic heterocycles. The first-order chi connectivity index (χ1) is 11.6. The molecular weight excluding hydrogens is 355 g/mol. The number of rotatable bonds is 5. The van der Waals surface area contributed by atoms with E-state index in [1.165, 1.54) is 5.56 Å². The summed E-state index contributed by atoms with van der Waals surface area (Å²) in [7, 11) is 2.11. The van der Waals surface area contributed by atoms with Crippen LogP contribution < -0.4 is 0 Å². The Bertz CT molecular complexity index is 712. The highest BCUT2D eigenvalue weighted by Crippen LogP contribution is 2.23. The van der Waals surface area contributed by atoms with Crippen molar-refractivity contribution >= 4 is 29.8 Å². The molecule has 134 valence electrons. The lowest BCUT2D eigenvalue weighted by molar-refractivity contribution is 0.0850. The van der Waals surface area contributed by atoms with Crippen molar-refractivity contribution in [3.05, 3.63) is 64.4 Å². The lowest BCUT2D eigenvalue weighted by atomic mass is 9.88. The van der Waals surface area contributed by atoms with Gasteiger partial charge >= 0.3 is 0 Å². The van der Waals surface area contributed by atoms with Gasteiger partial charge in [0.1, 0.15) is 5.69 Å². The van der Waals surface area contributed by atoms with E-state index in [1.807, 2.05) is 30.3 Å². The number of carbonyl (C=O) groups is 1. The lowest BCUT2D eigenvalue weighted by Gasteiger charge is -2.28. The van der Waals surface area contributed by atoms with Crippen LogP contribution in [-0.2, 0) is 12.8 Å². The molecule has 5 heteroatoms. The Labute approximate surface area is 160 Å². The van der Waals surface area contributed by atoms with Crippen molar-refractivity contribution < 1.29 is 4.79 Å². The summed E-state index contributed by atoms with van der Waals surface area (Å²) in [6, 6.07) is 11.8. The first-order valence-electron chi connectivity index (χ1n) is 8.54. The predicted molar refractivity (Wildman–Crippen MR) is 105 cm³/mol. The van der Waals surface area contributed by atoms with Gasteiger partial charge in [0.05, 0.1) is 0 Å². The summed E-state index contributed by atoms with van der Waals surface area (Å²) in [5.41, 5.74) is 2.89. The fourth-order valence-electron chi connectivity index (χ4n) is 3.30. The van der Waals surface area contributed by atoms with Crippen LogP contribution in [-0.4, -0.2) is 35.8 Å². The topological polar surface area (TPSA) is 33.2 Å². The standard InChI is InChI=1S/C20H23ClN2O.ClH/c1-23-12-9-17(10-13-23)20(24)19-16(5-3-11-22-19)8-7-15-4-2-6-18(21)14-15;/h2-6,11,14,17H,7-10,12-13H2,1H3;1H. The van der Waals surface area contributed by atoms with Crippen molar-refractivity contribution in [1.82, 2.24) is 9.88 Å². The van der Waals surface area contributed by atoms with Crippen LogP contribution in [0.3, 0.4) is 0 Å². The molecule has 1 fully saturated rings. The van der Waals surface area contributed by atoms with Gasteiger partial charge in [-0.25, -0.2) is 0 Å².